The molecule has 4 heteroatoms. The van der Waals surface area contributed by atoms with Crippen LogP contribution >= 0.6 is 0 Å². The molecule has 1 aromatic heterocycles. The lowest BCUT2D eigenvalue weighted by Crippen LogP contribution is -2.47. The maximum atomic E-state index is 6.13. The molecule has 2 aromatic rings. The molecular weight excluding hydrogens is 260 g/mol. The Bertz CT molecular complexity index is 615. The number of aromatic nitrogens is 2. The number of rotatable bonds is 3. The van der Waals surface area contributed by atoms with Crippen molar-refractivity contribution in [3.63, 3.8) is 0 Å². The molecule has 0 unspecified atom stereocenters. The van der Waals surface area contributed by atoms with E-state index in [1.165, 1.54) is 24.2 Å². The largest absolute Gasteiger partial charge is 0.331 e. The number of piperidine rings is 1. The van der Waals surface area contributed by atoms with Crippen LogP contribution in [0, 0.1) is 0 Å². The molecule has 1 aromatic carbocycles. The van der Waals surface area contributed by atoms with Gasteiger partial charge in [0, 0.05) is 25.0 Å². The van der Waals surface area contributed by atoms with Crippen LogP contribution in [-0.2, 0) is 7.05 Å². The fourth-order valence-electron chi connectivity index (χ4n) is 3.45. The van der Waals surface area contributed by atoms with Crippen molar-refractivity contribution in [2.75, 3.05) is 19.6 Å². The van der Waals surface area contributed by atoms with Gasteiger partial charge in [0.15, 0.2) is 0 Å². The summed E-state index contributed by atoms with van der Waals surface area (Å²) in [6, 6.07) is 8.40. The summed E-state index contributed by atoms with van der Waals surface area (Å²) in [6.07, 6.45) is 2.35. The normalized spacial score (nSPS) is 18.5. The van der Waals surface area contributed by atoms with E-state index in [4.69, 9.17) is 10.7 Å². The molecule has 21 heavy (non-hydrogen) atoms. The van der Waals surface area contributed by atoms with E-state index in [9.17, 15) is 0 Å². The van der Waals surface area contributed by atoms with Gasteiger partial charge in [0.25, 0.3) is 0 Å². The van der Waals surface area contributed by atoms with Gasteiger partial charge in [0.1, 0.15) is 5.82 Å². The molecular formula is C17H26N4. The van der Waals surface area contributed by atoms with Gasteiger partial charge < -0.3 is 15.2 Å². The van der Waals surface area contributed by atoms with Crippen molar-refractivity contribution in [1.82, 2.24) is 14.5 Å². The predicted octanol–water partition coefficient (Wildman–Crippen LogP) is 2.49. The number of benzene rings is 1. The molecule has 0 spiro atoms. The Labute approximate surface area is 126 Å². The molecule has 1 aliphatic rings. The molecule has 0 aliphatic carbocycles. The first-order valence-electron chi connectivity index (χ1n) is 7.87. The predicted molar refractivity (Wildman–Crippen MR) is 87.4 cm³/mol. The third-order valence-electron chi connectivity index (χ3n) is 4.41. The lowest BCUT2D eigenvalue weighted by atomic mass is 9.94. The van der Waals surface area contributed by atoms with E-state index in [0.29, 0.717) is 5.92 Å². The van der Waals surface area contributed by atoms with E-state index < -0.39 is 0 Å². The molecule has 2 heterocycles. The number of aryl methyl sites for hydroxylation is 1. The zero-order chi connectivity index (χ0) is 15.0. The van der Waals surface area contributed by atoms with E-state index >= 15 is 0 Å². The molecule has 114 valence electrons. The Kier molecular flexibility index (Phi) is 3.76. The van der Waals surface area contributed by atoms with Crippen LogP contribution in [0.4, 0.5) is 0 Å². The molecule has 0 saturated carbocycles. The first-order valence-corrected chi connectivity index (χ1v) is 7.87. The highest BCUT2D eigenvalue weighted by atomic mass is 15.2. The second-order valence-corrected chi connectivity index (χ2v) is 7.06. The molecule has 1 fully saturated rings. The van der Waals surface area contributed by atoms with Crippen LogP contribution in [0.15, 0.2) is 24.3 Å². The summed E-state index contributed by atoms with van der Waals surface area (Å²) in [5.74, 6) is 1.81. The quantitative estimate of drug-likeness (QED) is 0.943. The van der Waals surface area contributed by atoms with Gasteiger partial charge in [-0.05, 0) is 51.9 Å². The van der Waals surface area contributed by atoms with Gasteiger partial charge in [-0.15, -0.1) is 0 Å². The summed E-state index contributed by atoms with van der Waals surface area (Å²) in [5.41, 5.74) is 8.37. The number of hydrogen-bond acceptors (Lipinski definition) is 3. The van der Waals surface area contributed by atoms with E-state index in [1.807, 2.05) is 0 Å². The highest BCUT2D eigenvalue weighted by molar-refractivity contribution is 5.75. The van der Waals surface area contributed by atoms with Crippen molar-refractivity contribution in [2.24, 2.45) is 12.8 Å². The van der Waals surface area contributed by atoms with Gasteiger partial charge >= 0.3 is 0 Å². The van der Waals surface area contributed by atoms with Crippen LogP contribution in [0.1, 0.15) is 38.4 Å². The molecule has 1 saturated heterocycles. The van der Waals surface area contributed by atoms with Gasteiger partial charge in [-0.1, -0.05) is 12.1 Å². The number of imidazole rings is 1. The maximum absolute atomic E-state index is 6.13. The van der Waals surface area contributed by atoms with Crippen molar-refractivity contribution in [2.45, 2.75) is 38.1 Å². The first-order chi connectivity index (χ1) is 9.94. The maximum Gasteiger partial charge on any atom is 0.112 e. The molecule has 1 aliphatic heterocycles. The standard InChI is InChI=1S/C17H26N4/c1-17(2,18)12-21-10-8-13(9-11-21)16-19-14-6-4-5-7-15(14)20(16)3/h4-7,13H,8-12,18H2,1-3H3. The van der Waals surface area contributed by atoms with Gasteiger partial charge in [-0.3, -0.25) is 0 Å². The summed E-state index contributed by atoms with van der Waals surface area (Å²) >= 11 is 0. The Morgan fingerprint density at radius 1 is 1.24 bits per heavy atom. The Morgan fingerprint density at radius 2 is 1.90 bits per heavy atom. The SMILES string of the molecule is Cn1c(C2CCN(CC(C)(C)N)CC2)nc2ccccc21. The van der Waals surface area contributed by atoms with E-state index in [-0.39, 0.29) is 5.54 Å². The molecule has 3 rings (SSSR count). The van der Waals surface area contributed by atoms with Gasteiger partial charge in [-0.2, -0.15) is 0 Å². The minimum Gasteiger partial charge on any atom is -0.331 e. The van der Waals surface area contributed by atoms with Crippen molar-refractivity contribution in [3.05, 3.63) is 30.1 Å². The molecule has 0 atom stereocenters. The van der Waals surface area contributed by atoms with Crippen LogP contribution < -0.4 is 5.73 Å². The van der Waals surface area contributed by atoms with Crippen molar-refractivity contribution in [3.8, 4) is 0 Å². The molecule has 0 amide bonds. The van der Waals surface area contributed by atoms with E-state index in [0.717, 1.165) is 25.2 Å². The van der Waals surface area contributed by atoms with Crippen LogP contribution in [0.25, 0.3) is 11.0 Å². The summed E-state index contributed by atoms with van der Waals surface area (Å²) in [6.45, 7) is 7.42. The third kappa shape index (κ3) is 3.11. The number of nitrogens with two attached hydrogens (primary N) is 1. The third-order valence-corrected chi connectivity index (χ3v) is 4.41. The second kappa shape index (κ2) is 5.43. The Hall–Kier alpha value is -1.39. The van der Waals surface area contributed by atoms with Crippen LogP contribution in [-0.4, -0.2) is 39.6 Å². The lowest BCUT2D eigenvalue weighted by molar-refractivity contribution is 0.176. The number of likely N-dealkylation sites (tertiary alicyclic amines) is 1. The number of fused-ring (bicyclic) bond motifs is 1. The minimum absolute atomic E-state index is 0.106. The number of para-hydroxylation sites is 2. The average Bonchev–Trinajstić information content (AvgIpc) is 2.76. The second-order valence-electron chi connectivity index (χ2n) is 7.06. The van der Waals surface area contributed by atoms with Gasteiger partial charge in [-0.25, -0.2) is 4.98 Å². The van der Waals surface area contributed by atoms with Crippen LogP contribution in [0.2, 0.25) is 0 Å². The smallest absolute Gasteiger partial charge is 0.112 e. The summed E-state index contributed by atoms with van der Waals surface area (Å²) in [5, 5.41) is 0. The Balaban J connectivity index is 1.72. The number of nitrogens with zero attached hydrogens (tertiary/aromatic N) is 3. The van der Waals surface area contributed by atoms with E-state index in [2.05, 4.69) is 54.6 Å². The summed E-state index contributed by atoms with van der Waals surface area (Å²) < 4.78 is 2.27. The highest BCUT2D eigenvalue weighted by Crippen LogP contribution is 2.29. The zero-order valence-corrected chi connectivity index (χ0v) is 13.3. The molecule has 2 N–H and O–H groups in total. The average molecular weight is 286 g/mol. The summed E-state index contributed by atoms with van der Waals surface area (Å²) in [4.78, 5) is 7.34. The monoisotopic (exact) mass is 286 g/mol. The lowest BCUT2D eigenvalue weighted by Gasteiger charge is -2.35. The topological polar surface area (TPSA) is 47.1 Å². The Morgan fingerprint density at radius 3 is 2.52 bits per heavy atom. The highest BCUT2D eigenvalue weighted by Gasteiger charge is 2.26. The summed E-state index contributed by atoms with van der Waals surface area (Å²) in [7, 11) is 2.14. The first kappa shape index (κ1) is 14.5. The van der Waals surface area contributed by atoms with E-state index in [1.54, 1.807) is 0 Å². The fourth-order valence-corrected chi connectivity index (χ4v) is 3.45. The molecule has 0 radical (unpaired) electrons. The van der Waals surface area contributed by atoms with Crippen LogP contribution in [0.5, 0.6) is 0 Å². The van der Waals surface area contributed by atoms with Gasteiger partial charge in [0.2, 0.25) is 0 Å². The number of hydrogen-bond donors (Lipinski definition) is 1. The van der Waals surface area contributed by atoms with Gasteiger partial charge in [0.05, 0.1) is 11.0 Å². The minimum atomic E-state index is -0.106. The van der Waals surface area contributed by atoms with Crippen molar-refractivity contribution >= 4 is 11.0 Å². The van der Waals surface area contributed by atoms with Crippen molar-refractivity contribution in [1.29, 1.82) is 0 Å². The van der Waals surface area contributed by atoms with Crippen molar-refractivity contribution < 1.29 is 0 Å². The zero-order valence-electron chi connectivity index (χ0n) is 13.3. The molecule has 0 bridgehead atoms. The fraction of sp³-hybridized carbons (Fsp3) is 0.588. The molecule has 4 nitrogen and oxygen atoms in total. The van der Waals surface area contributed by atoms with Crippen LogP contribution in [0.3, 0.4) is 0 Å².